The van der Waals surface area contributed by atoms with Crippen molar-refractivity contribution in [2.45, 2.75) is 123 Å². The standard InChI is InChI=1S/C73H67BN2O2/c1-42-36-51-52(71(7,8)35-34-70(51,5)6)39-57(42)75-58-40-54-53(72(9,10)49-26-18-19-27-50(49)73(54,11)12)38-55(58)74-67-59(75)41-63-64(45-24-16-20-28-60(45)78-63)66(67)47-31-33-62-65(46-25-17-21-29-61(46)77-62)68(47)76(74)56-32-30-44(69(2,3)4)37-48(56)43-22-14-13-15-23-43/h13-33,36-41H,34-35H2,1-12H3. The zero-order valence-corrected chi connectivity index (χ0v) is 47.3. The first kappa shape index (κ1) is 47.5. The fraction of sp³-hybridized carbons (Fsp3) is 0.260. The molecule has 2 aromatic heterocycles. The lowest BCUT2D eigenvalue weighted by Gasteiger charge is -2.50. The summed E-state index contributed by atoms with van der Waals surface area (Å²) in [4.78, 5) is 5.45. The highest BCUT2D eigenvalue weighted by Crippen LogP contribution is 2.58. The number of rotatable bonds is 3. The van der Waals surface area contributed by atoms with Gasteiger partial charge in [0.05, 0.1) is 5.39 Å². The number of hydrogen-bond donors (Lipinski definition) is 0. The van der Waals surface area contributed by atoms with Crippen LogP contribution in [0.5, 0.6) is 0 Å². The first-order chi connectivity index (χ1) is 37.2. The summed E-state index contributed by atoms with van der Waals surface area (Å²) in [7, 11) is 0. The van der Waals surface area contributed by atoms with Crippen molar-refractivity contribution in [1.29, 1.82) is 0 Å². The van der Waals surface area contributed by atoms with Crippen LogP contribution in [0.15, 0.2) is 173 Å². The van der Waals surface area contributed by atoms with Gasteiger partial charge in [0.25, 0.3) is 0 Å². The average Bonchev–Trinajstić information content (AvgIpc) is 2.32. The van der Waals surface area contributed by atoms with Gasteiger partial charge in [0.1, 0.15) is 22.3 Å². The highest BCUT2D eigenvalue weighted by Gasteiger charge is 2.51. The van der Waals surface area contributed by atoms with Crippen LogP contribution in [0.2, 0.25) is 0 Å². The van der Waals surface area contributed by atoms with Gasteiger partial charge < -0.3 is 18.5 Å². The number of fused-ring (bicyclic) bond motifs is 15. The van der Waals surface area contributed by atoms with E-state index < -0.39 is 0 Å². The van der Waals surface area contributed by atoms with Crippen molar-refractivity contribution in [3.63, 3.8) is 0 Å². The summed E-state index contributed by atoms with van der Waals surface area (Å²) in [6.45, 7) is 28.7. The van der Waals surface area contributed by atoms with E-state index in [1.807, 2.05) is 0 Å². The van der Waals surface area contributed by atoms with Gasteiger partial charge in [-0.15, -0.1) is 0 Å². The molecule has 0 radical (unpaired) electrons. The Bertz CT molecular complexity index is 4400. The number of para-hydroxylation sites is 2. The molecule has 384 valence electrons. The summed E-state index contributed by atoms with van der Waals surface area (Å²) in [6.07, 6.45) is 2.29. The van der Waals surface area contributed by atoms with Crippen LogP contribution >= 0.6 is 0 Å². The molecule has 9 aromatic carbocycles. The quantitative estimate of drug-likeness (QED) is 0.165. The molecule has 0 saturated heterocycles. The van der Waals surface area contributed by atoms with E-state index in [-0.39, 0.29) is 33.9 Å². The largest absolute Gasteiger partial charge is 0.456 e. The zero-order chi connectivity index (χ0) is 53.7. The Balaban J connectivity index is 1.17. The van der Waals surface area contributed by atoms with E-state index in [4.69, 9.17) is 8.83 Å². The molecule has 78 heavy (non-hydrogen) atoms. The van der Waals surface area contributed by atoms with Crippen LogP contribution in [0, 0.1) is 6.92 Å². The van der Waals surface area contributed by atoms with Crippen LogP contribution in [0.3, 0.4) is 0 Å². The first-order valence-corrected chi connectivity index (χ1v) is 28.4. The average molecular weight is 1020 g/mol. The fourth-order valence-corrected chi connectivity index (χ4v) is 15.0. The molecule has 0 spiro atoms. The van der Waals surface area contributed by atoms with Gasteiger partial charge in [0, 0.05) is 72.6 Å². The molecule has 11 aromatic rings. The molecular formula is C73H67BN2O2. The van der Waals surface area contributed by atoms with Crippen molar-refractivity contribution in [1.82, 2.24) is 0 Å². The topological polar surface area (TPSA) is 32.8 Å². The molecule has 0 N–H and O–H groups in total. The third kappa shape index (κ3) is 6.36. The van der Waals surface area contributed by atoms with Gasteiger partial charge in [-0.3, -0.25) is 0 Å². The minimum atomic E-state index is -0.304. The summed E-state index contributed by atoms with van der Waals surface area (Å²) in [5, 5.41) is 4.49. The Kier molecular flexibility index (Phi) is 9.56. The monoisotopic (exact) mass is 1010 g/mol. The number of benzene rings is 9. The summed E-state index contributed by atoms with van der Waals surface area (Å²) in [5.41, 5.74) is 27.1. The molecule has 4 heterocycles. The van der Waals surface area contributed by atoms with Gasteiger partial charge in [-0.2, -0.15) is 0 Å². The number of hydrogen-bond acceptors (Lipinski definition) is 4. The highest BCUT2D eigenvalue weighted by atomic mass is 16.3. The van der Waals surface area contributed by atoms with Crippen LogP contribution in [0.1, 0.15) is 134 Å². The Morgan fingerprint density at radius 1 is 0.462 bits per heavy atom. The number of furan rings is 2. The maximum atomic E-state index is 7.20. The number of aryl methyl sites for hydroxylation is 1. The van der Waals surface area contributed by atoms with Crippen LogP contribution in [0.25, 0.3) is 66.1 Å². The lowest BCUT2D eigenvalue weighted by atomic mass is 9.42. The number of anilines is 5. The lowest BCUT2D eigenvalue weighted by molar-refractivity contribution is 0.332. The summed E-state index contributed by atoms with van der Waals surface area (Å²) in [5.74, 6) is 0. The van der Waals surface area contributed by atoms with Crippen LogP contribution in [0.4, 0.5) is 28.4 Å². The molecule has 0 amide bonds. The maximum Gasteiger partial charge on any atom is 0.333 e. The van der Waals surface area contributed by atoms with Gasteiger partial charge in [-0.1, -0.05) is 185 Å². The smallest absolute Gasteiger partial charge is 0.333 e. The van der Waals surface area contributed by atoms with Gasteiger partial charge in [0.15, 0.2) is 0 Å². The normalized spacial score (nSPS) is 17.2. The van der Waals surface area contributed by atoms with E-state index in [0.29, 0.717) is 0 Å². The molecule has 0 unspecified atom stereocenters. The van der Waals surface area contributed by atoms with Gasteiger partial charge in [-0.05, 0) is 151 Å². The summed E-state index contributed by atoms with van der Waals surface area (Å²) < 4.78 is 14.2. The molecule has 0 saturated carbocycles. The third-order valence-electron chi connectivity index (χ3n) is 19.4. The first-order valence-electron chi connectivity index (χ1n) is 28.4. The molecule has 15 rings (SSSR count). The number of nitrogens with zero attached hydrogens (tertiary/aromatic N) is 2. The van der Waals surface area contributed by atoms with Gasteiger partial charge in [0.2, 0.25) is 0 Å². The predicted octanol–water partition coefficient (Wildman–Crippen LogP) is 18.8. The predicted molar refractivity (Wildman–Crippen MR) is 330 cm³/mol. The molecule has 5 heteroatoms. The molecule has 0 bridgehead atoms. The van der Waals surface area contributed by atoms with Gasteiger partial charge in [-0.25, -0.2) is 0 Å². The molecule has 4 aliphatic rings. The molecule has 0 atom stereocenters. The van der Waals surface area contributed by atoms with Crippen LogP contribution in [-0.4, -0.2) is 6.85 Å². The Labute approximate surface area is 459 Å². The second kappa shape index (κ2) is 15.7. The van der Waals surface area contributed by atoms with Crippen molar-refractivity contribution < 1.29 is 8.83 Å². The third-order valence-corrected chi connectivity index (χ3v) is 19.4. The molecule has 2 aliphatic carbocycles. The van der Waals surface area contributed by atoms with Crippen LogP contribution < -0.4 is 20.6 Å². The van der Waals surface area contributed by atoms with E-state index in [2.05, 4.69) is 257 Å². The van der Waals surface area contributed by atoms with E-state index >= 15 is 0 Å². The van der Waals surface area contributed by atoms with E-state index in [0.717, 1.165) is 73.8 Å². The van der Waals surface area contributed by atoms with Crippen molar-refractivity contribution in [2.75, 3.05) is 9.71 Å². The molecule has 0 fully saturated rings. The zero-order valence-electron chi connectivity index (χ0n) is 47.3. The van der Waals surface area contributed by atoms with Crippen molar-refractivity contribution in [2.24, 2.45) is 0 Å². The second-order valence-corrected chi connectivity index (χ2v) is 26.7. The van der Waals surface area contributed by atoms with E-state index in [1.54, 1.807) is 0 Å². The Hall–Kier alpha value is -7.76. The Morgan fingerprint density at radius 2 is 1.04 bits per heavy atom. The van der Waals surface area contributed by atoms with E-state index in [9.17, 15) is 0 Å². The highest BCUT2D eigenvalue weighted by molar-refractivity contribution is 6.94. The minimum Gasteiger partial charge on any atom is -0.456 e. The van der Waals surface area contributed by atoms with E-state index in [1.165, 1.54) is 89.1 Å². The molecule has 4 nitrogen and oxygen atoms in total. The minimum absolute atomic E-state index is 0.0102. The SMILES string of the molecule is Cc1cc2c(cc1N1c3cc4c(cc3B3c5c1cc1oc6ccccc6c1c5-c1ccc5oc6ccccc6c5c1N3c1ccc(C(C)(C)C)cc1-c1ccccc1)C(C)(C)c1ccccc1C4(C)C)C(C)(C)CCC2(C)C. The van der Waals surface area contributed by atoms with Crippen molar-refractivity contribution in [3.8, 4) is 22.3 Å². The summed E-state index contributed by atoms with van der Waals surface area (Å²) >= 11 is 0. The Morgan fingerprint density at radius 3 is 1.71 bits per heavy atom. The lowest BCUT2D eigenvalue weighted by Crippen LogP contribution is -2.62. The maximum absolute atomic E-state index is 7.20. The fourth-order valence-electron chi connectivity index (χ4n) is 15.0. The van der Waals surface area contributed by atoms with Gasteiger partial charge >= 0.3 is 6.85 Å². The molecule has 2 aliphatic heterocycles. The second-order valence-electron chi connectivity index (χ2n) is 26.7. The van der Waals surface area contributed by atoms with Crippen molar-refractivity contribution >= 4 is 90.1 Å². The van der Waals surface area contributed by atoms with Crippen molar-refractivity contribution in [3.05, 3.63) is 208 Å². The van der Waals surface area contributed by atoms with Crippen LogP contribution in [-0.2, 0) is 27.1 Å². The molecular weight excluding hydrogens is 948 g/mol. The summed E-state index contributed by atoms with van der Waals surface area (Å²) in [6, 6.07) is 62.4.